The Balaban J connectivity index is 2.05. The van der Waals surface area contributed by atoms with Crippen LogP contribution in [0.1, 0.15) is 32.1 Å². The normalized spacial score (nSPS) is 35.8. The molecule has 0 spiro atoms. The minimum absolute atomic E-state index is 0.581. The molecule has 2 aliphatic carbocycles. The second kappa shape index (κ2) is 4.53. The summed E-state index contributed by atoms with van der Waals surface area (Å²) in [4.78, 5) is 0. The Kier molecular flexibility index (Phi) is 3.50. The molecule has 0 heterocycles. The van der Waals surface area contributed by atoms with Crippen LogP contribution in [0.15, 0.2) is 0 Å². The largest absolute Gasteiger partial charge is 0.504 e. The molecule has 2 saturated carbocycles. The summed E-state index contributed by atoms with van der Waals surface area (Å²) in [7, 11) is 2.87. The third kappa shape index (κ3) is 1.88. The smallest absolute Gasteiger partial charge is 0.377 e. The van der Waals surface area contributed by atoms with E-state index in [9.17, 15) is 0 Å². The van der Waals surface area contributed by atoms with Crippen LogP contribution in [0, 0.1) is 11.8 Å². The Bertz CT molecular complexity index is 198. The summed E-state index contributed by atoms with van der Waals surface area (Å²) in [6.45, 7) is 0. The molecule has 0 amide bonds. The lowest BCUT2D eigenvalue weighted by atomic mass is 10.2. The third-order valence-electron chi connectivity index (χ3n) is 4.17. The van der Waals surface area contributed by atoms with Gasteiger partial charge >= 0.3 is 8.80 Å². The standard InChI is InChI=1S/C11H22O3Si/c1-12-15(13-2,14-3)11-9-7-5-4-6-8-10(9)11/h9-11H,4-8H2,1-3H3. The molecule has 4 heteroatoms. The number of rotatable bonds is 4. The maximum absolute atomic E-state index is 5.59. The highest BCUT2D eigenvalue weighted by Gasteiger charge is 2.66. The van der Waals surface area contributed by atoms with E-state index < -0.39 is 8.80 Å². The van der Waals surface area contributed by atoms with Gasteiger partial charge in [-0.05, 0) is 24.7 Å². The minimum Gasteiger partial charge on any atom is -0.377 e. The molecule has 0 aromatic heterocycles. The maximum atomic E-state index is 5.59. The quantitative estimate of drug-likeness (QED) is 0.694. The van der Waals surface area contributed by atoms with Crippen molar-refractivity contribution >= 4 is 8.80 Å². The van der Waals surface area contributed by atoms with Crippen LogP contribution >= 0.6 is 0 Å². The van der Waals surface area contributed by atoms with E-state index in [1.165, 1.54) is 32.1 Å². The first-order valence-corrected chi connectivity index (χ1v) is 7.74. The molecule has 2 rings (SSSR count). The molecule has 0 aliphatic heterocycles. The first-order valence-electron chi connectivity index (χ1n) is 5.94. The Morgan fingerprint density at radius 2 is 1.27 bits per heavy atom. The van der Waals surface area contributed by atoms with Crippen LogP contribution in [-0.2, 0) is 13.3 Å². The zero-order valence-electron chi connectivity index (χ0n) is 9.99. The van der Waals surface area contributed by atoms with E-state index in [1.807, 2.05) is 0 Å². The van der Waals surface area contributed by atoms with Gasteiger partial charge in [0.05, 0.1) is 0 Å². The molecule has 0 aromatic rings. The predicted octanol–water partition coefficient (Wildman–Crippen LogP) is 2.44. The average molecular weight is 230 g/mol. The summed E-state index contributed by atoms with van der Waals surface area (Å²) in [5.41, 5.74) is 0.581. The molecular formula is C11H22O3Si. The number of hydrogen-bond acceptors (Lipinski definition) is 3. The van der Waals surface area contributed by atoms with Crippen molar-refractivity contribution in [1.82, 2.24) is 0 Å². The molecule has 2 fully saturated rings. The van der Waals surface area contributed by atoms with Crippen molar-refractivity contribution in [2.24, 2.45) is 11.8 Å². The lowest BCUT2D eigenvalue weighted by Crippen LogP contribution is -2.44. The molecule has 2 atom stereocenters. The van der Waals surface area contributed by atoms with Gasteiger partial charge in [-0.15, -0.1) is 0 Å². The van der Waals surface area contributed by atoms with Gasteiger partial charge in [-0.25, -0.2) is 0 Å². The van der Waals surface area contributed by atoms with Crippen LogP contribution in [0.3, 0.4) is 0 Å². The first kappa shape index (κ1) is 11.6. The summed E-state index contributed by atoms with van der Waals surface area (Å²) in [5, 5.41) is 0. The molecule has 0 bridgehead atoms. The van der Waals surface area contributed by atoms with Gasteiger partial charge in [0.15, 0.2) is 0 Å². The molecule has 0 N–H and O–H groups in total. The lowest BCUT2D eigenvalue weighted by Gasteiger charge is -2.25. The first-order chi connectivity index (χ1) is 7.29. The van der Waals surface area contributed by atoms with Gasteiger partial charge in [-0.2, -0.15) is 0 Å². The van der Waals surface area contributed by atoms with E-state index in [2.05, 4.69) is 0 Å². The Labute approximate surface area is 93.5 Å². The van der Waals surface area contributed by atoms with Gasteiger partial charge in [0.25, 0.3) is 0 Å². The highest BCUT2D eigenvalue weighted by Crippen LogP contribution is 2.63. The van der Waals surface area contributed by atoms with E-state index in [-0.39, 0.29) is 0 Å². The highest BCUT2D eigenvalue weighted by molar-refractivity contribution is 6.63. The minimum atomic E-state index is -2.33. The lowest BCUT2D eigenvalue weighted by molar-refractivity contribution is 0.118. The van der Waals surface area contributed by atoms with E-state index in [0.717, 1.165) is 11.8 Å². The van der Waals surface area contributed by atoms with Crippen molar-refractivity contribution in [1.29, 1.82) is 0 Å². The molecule has 0 radical (unpaired) electrons. The Morgan fingerprint density at radius 3 is 1.67 bits per heavy atom. The van der Waals surface area contributed by atoms with E-state index >= 15 is 0 Å². The summed E-state index contributed by atoms with van der Waals surface area (Å²) in [6.07, 6.45) is 6.85. The second-order valence-electron chi connectivity index (χ2n) is 4.71. The summed E-state index contributed by atoms with van der Waals surface area (Å²) in [5.74, 6) is 1.64. The fourth-order valence-corrected chi connectivity index (χ4v) is 6.43. The monoisotopic (exact) mass is 230 g/mol. The predicted molar refractivity (Wildman–Crippen MR) is 60.6 cm³/mol. The summed E-state index contributed by atoms with van der Waals surface area (Å²) in [6, 6.07) is 0. The Morgan fingerprint density at radius 1 is 0.800 bits per heavy atom. The van der Waals surface area contributed by atoms with Crippen molar-refractivity contribution in [3.8, 4) is 0 Å². The molecular weight excluding hydrogens is 208 g/mol. The van der Waals surface area contributed by atoms with Crippen molar-refractivity contribution in [2.75, 3.05) is 21.3 Å². The summed E-state index contributed by atoms with van der Waals surface area (Å²) < 4.78 is 16.8. The SMILES string of the molecule is CO[Si](OC)(OC)C1C2CCCCCC21. The second-order valence-corrected chi connectivity index (χ2v) is 7.81. The molecule has 2 unspecified atom stereocenters. The van der Waals surface area contributed by atoms with Gasteiger partial charge in [0, 0.05) is 26.9 Å². The fraction of sp³-hybridized carbons (Fsp3) is 1.00. The van der Waals surface area contributed by atoms with E-state index in [1.54, 1.807) is 21.3 Å². The maximum Gasteiger partial charge on any atom is 0.504 e. The van der Waals surface area contributed by atoms with Gasteiger partial charge in [-0.1, -0.05) is 19.3 Å². The van der Waals surface area contributed by atoms with Crippen LogP contribution in [-0.4, -0.2) is 30.1 Å². The zero-order chi connectivity index (χ0) is 10.9. The van der Waals surface area contributed by atoms with Gasteiger partial charge in [0.1, 0.15) is 0 Å². The average Bonchev–Trinajstić information content (AvgIpc) is 2.98. The molecule has 3 nitrogen and oxygen atoms in total. The number of fused-ring (bicyclic) bond motifs is 1. The van der Waals surface area contributed by atoms with Crippen LogP contribution < -0.4 is 0 Å². The van der Waals surface area contributed by atoms with Crippen LogP contribution in [0.2, 0.25) is 5.54 Å². The van der Waals surface area contributed by atoms with Crippen molar-refractivity contribution < 1.29 is 13.3 Å². The summed E-state index contributed by atoms with van der Waals surface area (Å²) >= 11 is 0. The zero-order valence-corrected chi connectivity index (χ0v) is 11.0. The van der Waals surface area contributed by atoms with Crippen molar-refractivity contribution in [3.63, 3.8) is 0 Å². The third-order valence-corrected chi connectivity index (χ3v) is 7.55. The molecule has 88 valence electrons. The Hall–Kier alpha value is 0.0969. The topological polar surface area (TPSA) is 27.7 Å². The van der Waals surface area contributed by atoms with E-state index in [4.69, 9.17) is 13.3 Å². The highest BCUT2D eigenvalue weighted by atomic mass is 28.4. The van der Waals surface area contributed by atoms with Gasteiger partial charge in [-0.3, -0.25) is 0 Å². The molecule has 15 heavy (non-hydrogen) atoms. The number of hydrogen-bond donors (Lipinski definition) is 0. The molecule has 2 aliphatic rings. The molecule has 0 aromatic carbocycles. The van der Waals surface area contributed by atoms with Crippen molar-refractivity contribution in [2.45, 2.75) is 37.6 Å². The van der Waals surface area contributed by atoms with Crippen LogP contribution in [0.5, 0.6) is 0 Å². The van der Waals surface area contributed by atoms with Crippen molar-refractivity contribution in [3.05, 3.63) is 0 Å². The van der Waals surface area contributed by atoms with Gasteiger partial charge < -0.3 is 13.3 Å². The molecule has 0 saturated heterocycles. The fourth-order valence-electron chi connectivity index (χ4n) is 3.35. The van der Waals surface area contributed by atoms with Crippen LogP contribution in [0.25, 0.3) is 0 Å². The van der Waals surface area contributed by atoms with Gasteiger partial charge in [0.2, 0.25) is 0 Å². The van der Waals surface area contributed by atoms with Crippen LogP contribution in [0.4, 0.5) is 0 Å². The van der Waals surface area contributed by atoms with E-state index in [0.29, 0.717) is 5.54 Å².